The number of hydrogen-bond acceptors (Lipinski definition) is 2. The van der Waals surface area contributed by atoms with Gasteiger partial charge in [0.15, 0.2) is 0 Å². The largest absolute Gasteiger partial charge is 0.296 e. The minimum atomic E-state index is -0.289. The van der Waals surface area contributed by atoms with E-state index in [9.17, 15) is 5.73 Å². The number of hydrogen-bond donors (Lipinski definition) is 1. The first kappa shape index (κ1) is 10.1. The predicted octanol–water partition coefficient (Wildman–Crippen LogP) is 2.22. The van der Waals surface area contributed by atoms with E-state index in [0.717, 1.165) is 19.3 Å². The van der Waals surface area contributed by atoms with Crippen LogP contribution in [0.5, 0.6) is 0 Å². The molecule has 3 heteroatoms. The Morgan fingerprint density at radius 3 is 3.07 bits per heavy atom. The second-order valence-electron chi connectivity index (χ2n) is 3.95. The van der Waals surface area contributed by atoms with Gasteiger partial charge in [-0.3, -0.25) is 5.32 Å². The van der Waals surface area contributed by atoms with Crippen LogP contribution in [-0.2, 0) is 6.42 Å². The van der Waals surface area contributed by atoms with E-state index < -0.39 is 0 Å². The summed E-state index contributed by atoms with van der Waals surface area (Å²) in [4.78, 5) is 1.41. The third-order valence-electron chi connectivity index (χ3n) is 2.74. The van der Waals surface area contributed by atoms with Crippen LogP contribution >= 0.6 is 11.3 Å². The molecule has 1 aliphatic heterocycles. The summed E-state index contributed by atoms with van der Waals surface area (Å²) in [6.07, 6.45) is 5.25. The van der Waals surface area contributed by atoms with Crippen molar-refractivity contribution < 1.29 is 0 Å². The molecule has 1 saturated heterocycles. The van der Waals surface area contributed by atoms with Gasteiger partial charge in [0.05, 0.1) is 6.17 Å². The average Bonchev–Trinajstić information content (AvgIpc) is 2.56. The Balaban J connectivity index is 1.90. The fraction of sp³-hybridized carbons (Fsp3) is 0.636. The monoisotopic (exact) mass is 208 g/mol. The van der Waals surface area contributed by atoms with Gasteiger partial charge in [0.2, 0.25) is 0 Å². The standard InChI is InChI=1S/C11H16N2S/c12-11-6-2-1-4-9(13-11)8-10-5-3-7-14-10/h3,5,7,9,11,13H,1-2,4,6,8H2. The Bertz CT molecular complexity index is 258. The van der Waals surface area contributed by atoms with Crippen molar-refractivity contribution in [3.63, 3.8) is 0 Å². The highest BCUT2D eigenvalue weighted by molar-refractivity contribution is 7.09. The van der Waals surface area contributed by atoms with Crippen LogP contribution in [-0.4, -0.2) is 12.2 Å². The summed E-state index contributed by atoms with van der Waals surface area (Å²) in [6.45, 7) is 0. The summed E-state index contributed by atoms with van der Waals surface area (Å²) < 4.78 is 0. The molecular weight excluding hydrogens is 192 g/mol. The van der Waals surface area contributed by atoms with Crippen LogP contribution in [0.15, 0.2) is 17.5 Å². The van der Waals surface area contributed by atoms with E-state index >= 15 is 0 Å². The summed E-state index contributed by atoms with van der Waals surface area (Å²) in [5, 5.41) is 5.39. The summed E-state index contributed by atoms with van der Waals surface area (Å²) in [5.41, 5.74) is 9.58. The molecule has 2 unspecified atom stereocenters. The van der Waals surface area contributed by atoms with Crippen molar-refractivity contribution in [1.29, 1.82) is 0 Å². The molecule has 0 aliphatic carbocycles. The van der Waals surface area contributed by atoms with Gasteiger partial charge in [0.1, 0.15) is 0 Å². The molecule has 0 amide bonds. The highest BCUT2D eigenvalue weighted by Crippen LogP contribution is 2.17. The lowest BCUT2D eigenvalue weighted by Gasteiger charge is -2.17. The van der Waals surface area contributed by atoms with Crippen LogP contribution in [0.2, 0.25) is 0 Å². The Labute approximate surface area is 89.5 Å². The zero-order valence-corrected chi connectivity index (χ0v) is 9.09. The normalized spacial score (nSPS) is 28.6. The maximum Gasteiger partial charge on any atom is 0.0928 e. The molecule has 2 heterocycles. The maximum atomic E-state index is 9.58. The second-order valence-corrected chi connectivity index (χ2v) is 4.98. The van der Waals surface area contributed by atoms with Crippen LogP contribution < -0.4 is 11.1 Å². The molecule has 0 aromatic carbocycles. The average molecular weight is 208 g/mol. The highest BCUT2D eigenvalue weighted by atomic mass is 32.1. The number of thiophene rings is 1. The molecule has 2 nitrogen and oxygen atoms in total. The Morgan fingerprint density at radius 2 is 2.29 bits per heavy atom. The van der Waals surface area contributed by atoms with E-state index in [2.05, 4.69) is 22.8 Å². The van der Waals surface area contributed by atoms with Gasteiger partial charge in [-0.25, -0.2) is 0 Å². The van der Waals surface area contributed by atoms with Gasteiger partial charge in [-0.2, -0.15) is 0 Å². The molecule has 1 aliphatic rings. The van der Waals surface area contributed by atoms with Crippen LogP contribution in [0, 0.1) is 0 Å². The molecule has 76 valence electrons. The van der Waals surface area contributed by atoms with Gasteiger partial charge in [-0.05, 0) is 30.7 Å². The lowest BCUT2D eigenvalue weighted by molar-refractivity contribution is 0.428. The summed E-state index contributed by atoms with van der Waals surface area (Å²) in [5.74, 6) is 0. The summed E-state index contributed by atoms with van der Waals surface area (Å²) in [6, 6.07) is 4.72. The van der Waals surface area contributed by atoms with Gasteiger partial charge >= 0.3 is 0 Å². The lowest BCUT2D eigenvalue weighted by Crippen LogP contribution is -2.38. The third-order valence-corrected chi connectivity index (χ3v) is 3.63. The minimum absolute atomic E-state index is 0.289. The van der Waals surface area contributed by atoms with Gasteiger partial charge in [-0.15, -0.1) is 17.1 Å². The van der Waals surface area contributed by atoms with Crippen LogP contribution in [0.1, 0.15) is 30.6 Å². The zero-order chi connectivity index (χ0) is 9.80. The predicted molar refractivity (Wildman–Crippen MR) is 59.3 cm³/mol. The molecule has 1 aromatic heterocycles. The molecule has 2 atom stereocenters. The highest BCUT2D eigenvalue weighted by Gasteiger charge is 2.17. The van der Waals surface area contributed by atoms with E-state index in [-0.39, 0.29) is 6.17 Å². The van der Waals surface area contributed by atoms with E-state index in [4.69, 9.17) is 0 Å². The first-order valence-corrected chi connectivity index (χ1v) is 6.19. The third kappa shape index (κ3) is 2.80. The zero-order valence-electron chi connectivity index (χ0n) is 8.28. The van der Waals surface area contributed by atoms with Crippen molar-refractivity contribution in [2.75, 3.05) is 0 Å². The molecule has 0 saturated carbocycles. The van der Waals surface area contributed by atoms with E-state index in [1.165, 1.54) is 17.7 Å². The first-order valence-electron chi connectivity index (χ1n) is 5.31. The molecule has 0 bridgehead atoms. The molecular formula is C11H16N2S. The van der Waals surface area contributed by atoms with E-state index in [0.29, 0.717) is 6.04 Å². The van der Waals surface area contributed by atoms with Crippen molar-refractivity contribution in [2.24, 2.45) is 0 Å². The SMILES string of the molecule is [N]C1CCCCC(Cc2cccs2)N1. The molecule has 1 fully saturated rings. The molecule has 0 spiro atoms. The molecule has 2 radical (unpaired) electrons. The quantitative estimate of drug-likeness (QED) is 0.794. The molecule has 1 N–H and O–H groups in total. The smallest absolute Gasteiger partial charge is 0.0928 e. The first-order chi connectivity index (χ1) is 6.84. The number of nitrogens with one attached hydrogen (secondary N) is 1. The molecule has 14 heavy (non-hydrogen) atoms. The second kappa shape index (κ2) is 4.91. The van der Waals surface area contributed by atoms with Crippen LogP contribution in [0.25, 0.3) is 0 Å². The Kier molecular flexibility index (Phi) is 3.56. The van der Waals surface area contributed by atoms with E-state index in [1.807, 2.05) is 0 Å². The van der Waals surface area contributed by atoms with Gasteiger partial charge in [-0.1, -0.05) is 18.9 Å². The van der Waals surface area contributed by atoms with Gasteiger partial charge in [0.25, 0.3) is 0 Å². The Hall–Kier alpha value is -0.380. The summed E-state index contributed by atoms with van der Waals surface area (Å²) in [7, 11) is 0. The fourth-order valence-corrected chi connectivity index (χ4v) is 2.79. The Morgan fingerprint density at radius 1 is 1.43 bits per heavy atom. The molecule has 2 rings (SSSR count). The van der Waals surface area contributed by atoms with Crippen molar-refractivity contribution in [3.8, 4) is 0 Å². The van der Waals surface area contributed by atoms with E-state index in [1.54, 1.807) is 11.3 Å². The maximum absolute atomic E-state index is 9.58. The van der Waals surface area contributed by atoms with Crippen molar-refractivity contribution in [2.45, 2.75) is 44.3 Å². The lowest BCUT2D eigenvalue weighted by atomic mass is 10.1. The van der Waals surface area contributed by atoms with Crippen molar-refractivity contribution in [1.82, 2.24) is 11.1 Å². The summed E-state index contributed by atoms with van der Waals surface area (Å²) >= 11 is 1.80. The van der Waals surface area contributed by atoms with Crippen LogP contribution in [0.4, 0.5) is 0 Å². The fourth-order valence-electron chi connectivity index (χ4n) is 2.00. The topological polar surface area (TPSA) is 34.3 Å². The van der Waals surface area contributed by atoms with Crippen LogP contribution in [0.3, 0.4) is 0 Å². The van der Waals surface area contributed by atoms with Gasteiger partial charge in [0, 0.05) is 10.9 Å². The minimum Gasteiger partial charge on any atom is -0.296 e. The molecule has 1 aromatic rings. The van der Waals surface area contributed by atoms with Crippen molar-refractivity contribution in [3.05, 3.63) is 22.4 Å². The van der Waals surface area contributed by atoms with Crippen molar-refractivity contribution >= 4 is 11.3 Å². The number of rotatable bonds is 2. The number of nitrogens with zero attached hydrogens (tertiary/aromatic N) is 1. The van der Waals surface area contributed by atoms with Gasteiger partial charge < -0.3 is 0 Å².